The summed E-state index contributed by atoms with van der Waals surface area (Å²) in [4.78, 5) is 3.64. The molecule has 0 amide bonds. The summed E-state index contributed by atoms with van der Waals surface area (Å²) in [5, 5.41) is 0. The number of hydrogen-bond acceptors (Lipinski definition) is 2. The number of nitrogens with two attached hydrogens (primary N) is 1. The Morgan fingerprint density at radius 3 is 2.38 bits per heavy atom. The molecule has 1 unspecified atom stereocenters. The molecule has 0 aliphatic heterocycles. The first kappa shape index (κ1) is 10.7. The molecule has 0 spiro atoms. The van der Waals surface area contributed by atoms with Crippen LogP contribution in [0.15, 0.2) is 42.7 Å². The fourth-order valence-corrected chi connectivity index (χ4v) is 1.49. The van der Waals surface area contributed by atoms with Crippen molar-refractivity contribution in [3.63, 3.8) is 0 Å². The maximum Gasteiger partial charge on any atom is 0.146 e. The van der Waals surface area contributed by atoms with Gasteiger partial charge in [-0.05, 0) is 23.8 Å². The molecule has 1 atom stereocenters. The highest BCUT2D eigenvalue weighted by Gasteiger charge is 2.13. The Hall–Kier alpha value is -1.81. The van der Waals surface area contributed by atoms with E-state index in [1.165, 1.54) is 24.4 Å². The van der Waals surface area contributed by atoms with E-state index in [1.807, 2.05) is 0 Å². The minimum Gasteiger partial charge on any atom is -0.320 e. The average Bonchev–Trinajstić information content (AvgIpc) is 2.30. The zero-order valence-electron chi connectivity index (χ0n) is 8.40. The van der Waals surface area contributed by atoms with Crippen molar-refractivity contribution in [2.75, 3.05) is 0 Å². The van der Waals surface area contributed by atoms with Gasteiger partial charge in [-0.25, -0.2) is 8.78 Å². The molecule has 0 bridgehead atoms. The largest absolute Gasteiger partial charge is 0.320 e. The van der Waals surface area contributed by atoms with Crippen LogP contribution in [0.25, 0.3) is 0 Å². The van der Waals surface area contributed by atoms with Gasteiger partial charge in [-0.15, -0.1) is 0 Å². The molecule has 2 aromatic rings. The molecule has 2 nitrogen and oxygen atoms in total. The summed E-state index contributed by atoms with van der Waals surface area (Å²) in [6, 6.07) is 6.59. The molecule has 16 heavy (non-hydrogen) atoms. The van der Waals surface area contributed by atoms with Gasteiger partial charge in [0.25, 0.3) is 0 Å². The molecule has 4 heteroatoms. The summed E-state index contributed by atoms with van der Waals surface area (Å²) >= 11 is 0. The van der Waals surface area contributed by atoms with E-state index >= 15 is 0 Å². The first-order chi connectivity index (χ1) is 7.68. The third-order valence-electron chi connectivity index (χ3n) is 2.37. The summed E-state index contributed by atoms with van der Waals surface area (Å²) in [6.07, 6.45) is 2.58. The van der Waals surface area contributed by atoms with Crippen molar-refractivity contribution in [3.05, 3.63) is 65.5 Å². The molecular formula is C12H10F2N2. The van der Waals surface area contributed by atoms with E-state index < -0.39 is 11.9 Å². The second-order valence-electron chi connectivity index (χ2n) is 3.43. The SMILES string of the molecule is NC(c1ccc(F)cc1)c1ccncc1F. The lowest BCUT2D eigenvalue weighted by Crippen LogP contribution is -2.13. The standard InChI is InChI=1S/C12H10F2N2/c13-9-3-1-8(2-4-9)12(15)10-5-6-16-7-11(10)14/h1-7,12H,15H2. The maximum absolute atomic E-state index is 13.4. The summed E-state index contributed by atoms with van der Waals surface area (Å²) in [7, 11) is 0. The van der Waals surface area contributed by atoms with Crippen molar-refractivity contribution in [1.82, 2.24) is 4.98 Å². The first-order valence-electron chi connectivity index (χ1n) is 4.79. The van der Waals surface area contributed by atoms with Gasteiger partial charge in [0, 0.05) is 11.8 Å². The van der Waals surface area contributed by atoms with Crippen LogP contribution in [0.4, 0.5) is 8.78 Å². The molecular weight excluding hydrogens is 210 g/mol. The maximum atomic E-state index is 13.4. The molecule has 82 valence electrons. The van der Waals surface area contributed by atoms with Crippen molar-refractivity contribution in [1.29, 1.82) is 0 Å². The Morgan fingerprint density at radius 2 is 1.75 bits per heavy atom. The van der Waals surface area contributed by atoms with Crippen LogP contribution >= 0.6 is 0 Å². The third kappa shape index (κ3) is 2.06. The molecule has 1 heterocycles. The Labute approximate surface area is 91.7 Å². The molecule has 1 aromatic heterocycles. The third-order valence-corrected chi connectivity index (χ3v) is 2.37. The van der Waals surface area contributed by atoms with Gasteiger partial charge < -0.3 is 5.73 Å². The van der Waals surface area contributed by atoms with Crippen LogP contribution in [-0.2, 0) is 0 Å². The highest BCUT2D eigenvalue weighted by molar-refractivity contribution is 5.30. The smallest absolute Gasteiger partial charge is 0.146 e. The van der Waals surface area contributed by atoms with E-state index in [4.69, 9.17) is 5.73 Å². The minimum absolute atomic E-state index is 0.342. The van der Waals surface area contributed by atoms with Crippen molar-refractivity contribution >= 4 is 0 Å². The van der Waals surface area contributed by atoms with Crippen LogP contribution in [0.1, 0.15) is 17.2 Å². The van der Waals surface area contributed by atoms with E-state index in [2.05, 4.69) is 4.98 Å². The van der Waals surface area contributed by atoms with Gasteiger partial charge in [0.15, 0.2) is 0 Å². The van der Waals surface area contributed by atoms with Crippen LogP contribution in [0.3, 0.4) is 0 Å². The highest BCUT2D eigenvalue weighted by atomic mass is 19.1. The number of hydrogen-bond donors (Lipinski definition) is 1. The average molecular weight is 220 g/mol. The number of aromatic nitrogens is 1. The first-order valence-corrected chi connectivity index (χ1v) is 4.79. The molecule has 0 saturated heterocycles. The molecule has 1 aromatic carbocycles. The predicted molar refractivity (Wildman–Crippen MR) is 56.6 cm³/mol. The normalized spacial score (nSPS) is 12.4. The van der Waals surface area contributed by atoms with Crippen molar-refractivity contribution in [3.8, 4) is 0 Å². The molecule has 2 N–H and O–H groups in total. The van der Waals surface area contributed by atoms with Gasteiger partial charge >= 0.3 is 0 Å². The van der Waals surface area contributed by atoms with E-state index in [-0.39, 0.29) is 5.82 Å². The predicted octanol–water partition coefficient (Wildman–Crippen LogP) is 2.41. The molecule has 0 aliphatic carbocycles. The number of rotatable bonds is 2. The van der Waals surface area contributed by atoms with Crippen LogP contribution in [-0.4, -0.2) is 4.98 Å². The lowest BCUT2D eigenvalue weighted by atomic mass is 10.0. The minimum atomic E-state index is -0.608. The Bertz CT molecular complexity index is 483. The van der Waals surface area contributed by atoms with Crippen molar-refractivity contribution in [2.24, 2.45) is 5.73 Å². The number of nitrogens with zero attached hydrogens (tertiary/aromatic N) is 1. The summed E-state index contributed by atoms with van der Waals surface area (Å²) in [6.45, 7) is 0. The number of benzene rings is 1. The summed E-state index contributed by atoms with van der Waals surface area (Å²) in [5.41, 5.74) is 6.88. The summed E-state index contributed by atoms with van der Waals surface area (Å²) in [5.74, 6) is -0.800. The van der Waals surface area contributed by atoms with E-state index in [0.29, 0.717) is 11.1 Å². The fourth-order valence-electron chi connectivity index (χ4n) is 1.49. The zero-order valence-corrected chi connectivity index (χ0v) is 8.40. The van der Waals surface area contributed by atoms with Crippen LogP contribution < -0.4 is 5.73 Å². The van der Waals surface area contributed by atoms with Crippen LogP contribution in [0.5, 0.6) is 0 Å². The van der Waals surface area contributed by atoms with Crippen LogP contribution in [0, 0.1) is 11.6 Å². The molecule has 0 saturated carbocycles. The zero-order chi connectivity index (χ0) is 11.5. The second kappa shape index (κ2) is 4.37. The quantitative estimate of drug-likeness (QED) is 0.844. The van der Waals surface area contributed by atoms with Gasteiger partial charge in [-0.1, -0.05) is 12.1 Å². The Balaban J connectivity index is 2.35. The Kier molecular flexibility index (Phi) is 2.92. The Morgan fingerprint density at radius 1 is 1.06 bits per heavy atom. The van der Waals surface area contributed by atoms with E-state index in [9.17, 15) is 8.78 Å². The van der Waals surface area contributed by atoms with Gasteiger partial charge in [-0.2, -0.15) is 0 Å². The number of halogens is 2. The van der Waals surface area contributed by atoms with Crippen LogP contribution in [0.2, 0.25) is 0 Å². The van der Waals surface area contributed by atoms with Gasteiger partial charge in [-0.3, -0.25) is 4.98 Å². The molecule has 0 radical (unpaired) electrons. The topological polar surface area (TPSA) is 38.9 Å². The second-order valence-corrected chi connectivity index (χ2v) is 3.43. The van der Waals surface area contributed by atoms with E-state index in [0.717, 1.165) is 6.20 Å². The van der Waals surface area contributed by atoms with Crippen molar-refractivity contribution in [2.45, 2.75) is 6.04 Å². The van der Waals surface area contributed by atoms with E-state index in [1.54, 1.807) is 12.1 Å². The van der Waals surface area contributed by atoms with Gasteiger partial charge in [0.1, 0.15) is 11.6 Å². The lowest BCUT2D eigenvalue weighted by molar-refractivity contribution is 0.592. The lowest BCUT2D eigenvalue weighted by Gasteiger charge is -2.12. The monoisotopic (exact) mass is 220 g/mol. The fraction of sp³-hybridized carbons (Fsp3) is 0.0833. The van der Waals surface area contributed by atoms with Gasteiger partial charge in [0.05, 0.1) is 12.2 Å². The van der Waals surface area contributed by atoms with Crippen molar-refractivity contribution < 1.29 is 8.78 Å². The molecule has 0 aliphatic rings. The number of pyridine rings is 1. The van der Waals surface area contributed by atoms with Gasteiger partial charge in [0.2, 0.25) is 0 Å². The highest BCUT2D eigenvalue weighted by Crippen LogP contribution is 2.21. The molecule has 0 fully saturated rings. The summed E-state index contributed by atoms with van der Waals surface area (Å²) < 4.78 is 26.1. The molecule has 2 rings (SSSR count).